The summed E-state index contributed by atoms with van der Waals surface area (Å²) in [4.78, 5) is 22.8. The molecule has 5 nitrogen and oxygen atoms in total. The Kier molecular flexibility index (Phi) is 4.11. The number of nitriles is 1. The van der Waals surface area contributed by atoms with Crippen LogP contribution in [0.5, 0.6) is 0 Å². The van der Waals surface area contributed by atoms with E-state index in [0.29, 0.717) is 6.42 Å². The van der Waals surface area contributed by atoms with Crippen LogP contribution in [0, 0.1) is 22.7 Å². The number of hydrogen-bond acceptors (Lipinski definition) is 5. The summed E-state index contributed by atoms with van der Waals surface area (Å²) in [7, 11) is 0. The van der Waals surface area contributed by atoms with Crippen LogP contribution >= 0.6 is 0 Å². The normalized spacial score (nSPS) is 24.7. The number of carbonyl (C=O) groups excluding carboxylic acids is 2. The van der Waals surface area contributed by atoms with Crippen LogP contribution in [0.15, 0.2) is 0 Å². The second kappa shape index (κ2) is 5.17. The van der Waals surface area contributed by atoms with E-state index in [2.05, 4.69) is 0 Å². The van der Waals surface area contributed by atoms with Crippen molar-refractivity contribution in [3.63, 3.8) is 0 Å². The smallest absolute Gasteiger partial charge is 0.311 e. The average molecular weight is 239 g/mol. The van der Waals surface area contributed by atoms with Crippen molar-refractivity contribution < 1.29 is 19.1 Å². The van der Waals surface area contributed by atoms with E-state index in [1.54, 1.807) is 13.8 Å². The first kappa shape index (κ1) is 13.5. The molecule has 1 saturated heterocycles. The molecule has 0 aromatic heterocycles. The lowest BCUT2D eigenvalue weighted by molar-refractivity contribution is -0.176. The predicted molar refractivity (Wildman–Crippen MR) is 58.6 cm³/mol. The van der Waals surface area contributed by atoms with Gasteiger partial charge >= 0.3 is 11.9 Å². The van der Waals surface area contributed by atoms with Gasteiger partial charge in [-0.3, -0.25) is 9.59 Å². The number of hydrogen-bond donors (Lipinski definition) is 0. The molecule has 0 N–H and O–H groups in total. The second-order valence-electron chi connectivity index (χ2n) is 4.80. The molecule has 17 heavy (non-hydrogen) atoms. The fourth-order valence-corrected chi connectivity index (χ4v) is 1.35. The van der Waals surface area contributed by atoms with Crippen molar-refractivity contribution in [1.82, 2.24) is 0 Å². The largest absolute Gasteiger partial charge is 0.462 e. The molecule has 0 aromatic carbocycles. The molecule has 1 heterocycles. The molecule has 1 aliphatic rings. The van der Waals surface area contributed by atoms with Gasteiger partial charge in [0, 0.05) is 0 Å². The quantitative estimate of drug-likeness (QED) is 0.696. The summed E-state index contributed by atoms with van der Waals surface area (Å²) >= 11 is 0. The van der Waals surface area contributed by atoms with E-state index < -0.39 is 23.4 Å². The van der Waals surface area contributed by atoms with Crippen LogP contribution in [0.25, 0.3) is 0 Å². The monoisotopic (exact) mass is 239 g/mol. The van der Waals surface area contributed by atoms with Crippen molar-refractivity contribution in [3.05, 3.63) is 0 Å². The molecule has 5 heteroatoms. The molecule has 0 bridgehead atoms. The Labute approximate surface area is 101 Å². The zero-order valence-electron chi connectivity index (χ0n) is 10.4. The van der Waals surface area contributed by atoms with E-state index in [-0.39, 0.29) is 19.0 Å². The summed E-state index contributed by atoms with van der Waals surface area (Å²) in [6, 6.07) is 1.98. The Balaban J connectivity index is 2.65. The van der Waals surface area contributed by atoms with Crippen LogP contribution in [0.1, 0.15) is 33.6 Å². The van der Waals surface area contributed by atoms with Crippen molar-refractivity contribution >= 4 is 11.9 Å². The second-order valence-corrected chi connectivity index (χ2v) is 4.80. The third-order valence-electron chi connectivity index (χ3n) is 3.10. The molecular formula is C12H17NO4. The van der Waals surface area contributed by atoms with Crippen LogP contribution in [0.4, 0.5) is 0 Å². The van der Waals surface area contributed by atoms with Crippen molar-refractivity contribution in [2.75, 3.05) is 6.61 Å². The molecule has 2 unspecified atom stereocenters. The zero-order valence-corrected chi connectivity index (χ0v) is 10.4. The van der Waals surface area contributed by atoms with Crippen molar-refractivity contribution in [1.29, 1.82) is 5.26 Å². The fraction of sp³-hybridized carbons (Fsp3) is 0.750. The molecule has 1 rings (SSSR count). The van der Waals surface area contributed by atoms with Gasteiger partial charge in [0.05, 0.1) is 23.8 Å². The first-order chi connectivity index (χ1) is 7.90. The van der Waals surface area contributed by atoms with Gasteiger partial charge in [-0.25, -0.2) is 0 Å². The number of carbonyl (C=O) groups is 2. The molecule has 1 fully saturated rings. The van der Waals surface area contributed by atoms with Gasteiger partial charge in [-0.1, -0.05) is 6.92 Å². The lowest BCUT2D eigenvalue weighted by atomic mass is 9.90. The summed E-state index contributed by atoms with van der Waals surface area (Å²) in [5.41, 5.74) is -0.582. The molecule has 0 radical (unpaired) electrons. The number of nitrogens with zero attached hydrogens (tertiary/aromatic N) is 1. The summed E-state index contributed by atoms with van der Waals surface area (Å²) in [5.74, 6) is -1.38. The Morgan fingerprint density at radius 2 is 2.29 bits per heavy atom. The van der Waals surface area contributed by atoms with E-state index in [1.165, 1.54) is 0 Å². The SMILES string of the molecule is CCC(C)(C)C(=O)OC1COC(=O)CC1C#N. The molecule has 0 aliphatic carbocycles. The molecule has 0 saturated carbocycles. The standard InChI is InChI=1S/C12H17NO4/c1-4-12(2,3)11(15)17-9-7-16-10(14)5-8(9)6-13/h8-9H,4-5,7H2,1-3H3. The molecule has 0 spiro atoms. The first-order valence-electron chi connectivity index (χ1n) is 5.67. The van der Waals surface area contributed by atoms with Crippen molar-refractivity contribution in [2.24, 2.45) is 11.3 Å². The van der Waals surface area contributed by atoms with E-state index in [9.17, 15) is 9.59 Å². The van der Waals surface area contributed by atoms with Crippen LogP contribution in [0.3, 0.4) is 0 Å². The fourth-order valence-electron chi connectivity index (χ4n) is 1.35. The van der Waals surface area contributed by atoms with E-state index in [4.69, 9.17) is 14.7 Å². The van der Waals surface area contributed by atoms with Gasteiger partial charge < -0.3 is 9.47 Å². The van der Waals surface area contributed by atoms with Crippen LogP contribution in [-0.4, -0.2) is 24.6 Å². The van der Waals surface area contributed by atoms with Gasteiger partial charge in [-0.05, 0) is 20.3 Å². The average Bonchev–Trinajstić information content (AvgIpc) is 2.31. The van der Waals surface area contributed by atoms with Crippen LogP contribution in [0.2, 0.25) is 0 Å². The minimum absolute atomic E-state index is 0.0129. The molecule has 2 atom stereocenters. The summed E-state index contributed by atoms with van der Waals surface area (Å²) in [6.45, 7) is 5.43. The van der Waals surface area contributed by atoms with Gasteiger partial charge in [0.1, 0.15) is 6.61 Å². The van der Waals surface area contributed by atoms with Gasteiger partial charge in [-0.2, -0.15) is 5.26 Å². The highest BCUT2D eigenvalue weighted by Gasteiger charge is 2.37. The van der Waals surface area contributed by atoms with E-state index in [0.717, 1.165) is 0 Å². The highest BCUT2D eigenvalue weighted by molar-refractivity contribution is 5.76. The Morgan fingerprint density at radius 1 is 1.65 bits per heavy atom. The lowest BCUT2D eigenvalue weighted by Crippen LogP contribution is -2.40. The minimum atomic E-state index is -0.643. The molecule has 0 amide bonds. The van der Waals surface area contributed by atoms with Gasteiger partial charge in [0.2, 0.25) is 0 Å². The Hall–Kier alpha value is -1.57. The molecular weight excluding hydrogens is 222 g/mol. The maximum absolute atomic E-state index is 11.8. The van der Waals surface area contributed by atoms with Crippen molar-refractivity contribution in [3.8, 4) is 6.07 Å². The number of esters is 2. The zero-order chi connectivity index (χ0) is 13.1. The van der Waals surface area contributed by atoms with E-state index in [1.807, 2.05) is 13.0 Å². The van der Waals surface area contributed by atoms with Gasteiger partial charge in [-0.15, -0.1) is 0 Å². The molecule has 1 aliphatic heterocycles. The predicted octanol–water partition coefficient (Wildman–Crippen LogP) is 1.42. The van der Waals surface area contributed by atoms with Gasteiger partial charge in [0.15, 0.2) is 6.10 Å². The Bertz CT molecular complexity index is 356. The van der Waals surface area contributed by atoms with E-state index >= 15 is 0 Å². The number of ether oxygens (including phenoxy) is 2. The molecule has 0 aromatic rings. The summed E-state index contributed by atoms with van der Waals surface area (Å²) in [6.07, 6.45) is -0.00709. The van der Waals surface area contributed by atoms with Crippen LogP contribution < -0.4 is 0 Å². The maximum atomic E-state index is 11.8. The Morgan fingerprint density at radius 3 is 2.82 bits per heavy atom. The van der Waals surface area contributed by atoms with Gasteiger partial charge in [0.25, 0.3) is 0 Å². The topological polar surface area (TPSA) is 76.4 Å². The maximum Gasteiger partial charge on any atom is 0.311 e. The van der Waals surface area contributed by atoms with Crippen molar-refractivity contribution in [2.45, 2.75) is 39.7 Å². The molecule has 94 valence electrons. The highest BCUT2D eigenvalue weighted by atomic mass is 16.6. The summed E-state index contributed by atoms with van der Waals surface area (Å²) in [5, 5.41) is 8.90. The third-order valence-corrected chi connectivity index (χ3v) is 3.10. The third kappa shape index (κ3) is 3.19. The first-order valence-corrected chi connectivity index (χ1v) is 5.67. The summed E-state index contributed by atoms with van der Waals surface area (Å²) < 4.78 is 10.1. The number of rotatable bonds is 3. The highest BCUT2D eigenvalue weighted by Crippen LogP contribution is 2.26. The lowest BCUT2D eigenvalue weighted by Gasteiger charge is -2.29. The number of cyclic esters (lactones) is 1. The van der Waals surface area contributed by atoms with Crippen LogP contribution in [-0.2, 0) is 19.1 Å². The minimum Gasteiger partial charge on any atom is -0.462 e.